The Balaban J connectivity index is 2.23. The highest BCUT2D eigenvalue weighted by molar-refractivity contribution is 6.02. The number of nitrogens with two attached hydrogens (primary N) is 1. The molecule has 19 heavy (non-hydrogen) atoms. The largest absolute Gasteiger partial charge is 0.455 e. The molecule has 2 rings (SSSR count). The standard InChI is InChI=1S/C12H9F3N2O2/c13-6-3-8(14)11(15)9(4-6)17-12(18)10-2-1-7(5-16)19-10/h1-4H,5,16H2,(H,17,18). The van der Waals surface area contributed by atoms with Crippen LogP contribution >= 0.6 is 0 Å². The summed E-state index contributed by atoms with van der Waals surface area (Å²) in [5.74, 6) is -4.35. The molecule has 1 heterocycles. The van der Waals surface area contributed by atoms with Crippen LogP contribution < -0.4 is 11.1 Å². The lowest BCUT2D eigenvalue weighted by Gasteiger charge is -2.05. The fraction of sp³-hybridized carbons (Fsp3) is 0.0833. The average molecular weight is 270 g/mol. The summed E-state index contributed by atoms with van der Waals surface area (Å²) in [6.45, 7) is 0.0935. The highest BCUT2D eigenvalue weighted by Crippen LogP contribution is 2.20. The van der Waals surface area contributed by atoms with Gasteiger partial charge in [0, 0.05) is 12.1 Å². The maximum atomic E-state index is 13.3. The molecule has 0 atom stereocenters. The number of amides is 1. The molecule has 0 aliphatic rings. The fourth-order valence-electron chi connectivity index (χ4n) is 1.44. The third-order valence-corrected chi connectivity index (χ3v) is 2.33. The van der Waals surface area contributed by atoms with Gasteiger partial charge in [-0.2, -0.15) is 0 Å². The van der Waals surface area contributed by atoms with E-state index in [1.165, 1.54) is 12.1 Å². The molecule has 0 aliphatic carbocycles. The molecule has 0 bridgehead atoms. The van der Waals surface area contributed by atoms with E-state index >= 15 is 0 Å². The molecule has 4 nitrogen and oxygen atoms in total. The lowest BCUT2D eigenvalue weighted by molar-refractivity contribution is 0.0994. The van der Waals surface area contributed by atoms with Gasteiger partial charge in [-0.15, -0.1) is 0 Å². The number of hydrogen-bond donors (Lipinski definition) is 2. The summed E-state index contributed by atoms with van der Waals surface area (Å²) in [6, 6.07) is 3.84. The highest BCUT2D eigenvalue weighted by Gasteiger charge is 2.16. The lowest BCUT2D eigenvalue weighted by Crippen LogP contribution is -2.13. The number of furan rings is 1. The van der Waals surface area contributed by atoms with Crippen LogP contribution in [0.1, 0.15) is 16.3 Å². The molecule has 100 valence electrons. The van der Waals surface area contributed by atoms with Gasteiger partial charge in [-0.3, -0.25) is 4.79 Å². The summed E-state index contributed by atoms with van der Waals surface area (Å²) in [4.78, 5) is 11.7. The third kappa shape index (κ3) is 2.76. The first-order valence-corrected chi connectivity index (χ1v) is 5.26. The van der Waals surface area contributed by atoms with Crippen molar-refractivity contribution in [3.8, 4) is 0 Å². The van der Waals surface area contributed by atoms with Gasteiger partial charge in [-0.05, 0) is 12.1 Å². The van der Waals surface area contributed by atoms with E-state index in [1.807, 2.05) is 5.32 Å². The van der Waals surface area contributed by atoms with Gasteiger partial charge in [0.05, 0.1) is 12.2 Å². The molecular formula is C12H9F3N2O2. The van der Waals surface area contributed by atoms with Crippen LogP contribution in [-0.2, 0) is 6.54 Å². The predicted molar refractivity (Wildman–Crippen MR) is 60.9 cm³/mol. The Labute approximate surface area is 106 Å². The molecular weight excluding hydrogens is 261 g/mol. The van der Waals surface area contributed by atoms with Crippen molar-refractivity contribution in [2.75, 3.05) is 5.32 Å². The minimum atomic E-state index is -1.39. The quantitative estimate of drug-likeness (QED) is 0.841. The van der Waals surface area contributed by atoms with E-state index < -0.39 is 29.0 Å². The number of hydrogen-bond acceptors (Lipinski definition) is 3. The monoisotopic (exact) mass is 270 g/mol. The van der Waals surface area contributed by atoms with Crippen LogP contribution in [0.4, 0.5) is 18.9 Å². The number of carbonyl (C=O) groups is 1. The molecule has 0 saturated heterocycles. The van der Waals surface area contributed by atoms with E-state index in [1.54, 1.807) is 0 Å². The van der Waals surface area contributed by atoms with E-state index in [0.717, 1.165) is 0 Å². The second-order valence-corrected chi connectivity index (χ2v) is 3.67. The normalized spacial score (nSPS) is 10.5. The van der Waals surface area contributed by atoms with Crippen molar-refractivity contribution in [3.05, 3.63) is 53.2 Å². The van der Waals surface area contributed by atoms with Crippen molar-refractivity contribution in [1.82, 2.24) is 0 Å². The van der Waals surface area contributed by atoms with Crippen molar-refractivity contribution in [2.45, 2.75) is 6.54 Å². The van der Waals surface area contributed by atoms with Crippen LogP contribution in [0.15, 0.2) is 28.7 Å². The Kier molecular flexibility index (Phi) is 3.57. The Morgan fingerprint density at radius 2 is 2.00 bits per heavy atom. The summed E-state index contributed by atoms with van der Waals surface area (Å²) in [5.41, 5.74) is 4.69. The molecule has 0 radical (unpaired) electrons. The van der Waals surface area contributed by atoms with Gasteiger partial charge < -0.3 is 15.5 Å². The zero-order valence-electron chi connectivity index (χ0n) is 9.54. The van der Waals surface area contributed by atoms with Gasteiger partial charge in [0.1, 0.15) is 11.6 Å². The minimum Gasteiger partial charge on any atom is -0.455 e. The molecule has 1 aromatic carbocycles. The summed E-state index contributed by atoms with van der Waals surface area (Å²) >= 11 is 0. The van der Waals surface area contributed by atoms with Crippen molar-refractivity contribution in [3.63, 3.8) is 0 Å². The second-order valence-electron chi connectivity index (χ2n) is 3.67. The molecule has 0 fully saturated rings. The van der Waals surface area contributed by atoms with Gasteiger partial charge in [0.15, 0.2) is 17.4 Å². The van der Waals surface area contributed by atoms with Gasteiger partial charge in [-0.25, -0.2) is 13.2 Å². The smallest absolute Gasteiger partial charge is 0.291 e. The van der Waals surface area contributed by atoms with Crippen LogP contribution in [0.2, 0.25) is 0 Å². The number of nitrogens with one attached hydrogen (secondary N) is 1. The molecule has 0 saturated carbocycles. The number of halogens is 3. The first-order chi connectivity index (χ1) is 9.01. The Morgan fingerprint density at radius 3 is 2.63 bits per heavy atom. The summed E-state index contributed by atoms with van der Waals surface area (Å²) in [6.07, 6.45) is 0. The molecule has 1 amide bonds. The molecule has 7 heteroatoms. The Hall–Kier alpha value is -2.28. The van der Waals surface area contributed by atoms with Gasteiger partial charge >= 0.3 is 0 Å². The maximum absolute atomic E-state index is 13.3. The average Bonchev–Trinajstić information content (AvgIpc) is 2.84. The molecule has 0 spiro atoms. The molecule has 2 aromatic rings. The Morgan fingerprint density at radius 1 is 1.26 bits per heavy atom. The lowest BCUT2D eigenvalue weighted by atomic mass is 10.2. The molecule has 3 N–H and O–H groups in total. The van der Waals surface area contributed by atoms with E-state index in [4.69, 9.17) is 10.2 Å². The summed E-state index contributed by atoms with van der Waals surface area (Å²) in [5, 5.41) is 2.02. The first kappa shape index (κ1) is 13.2. The number of benzene rings is 1. The minimum absolute atomic E-state index is 0.0935. The van der Waals surface area contributed by atoms with Crippen LogP contribution in [0.5, 0.6) is 0 Å². The molecule has 0 unspecified atom stereocenters. The summed E-state index contributed by atoms with van der Waals surface area (Å²) in [7, 11) is 0. The number of rotatable bonds is 3. The van der Waals surface area contributed by atoms with Gasteiger partial charge in [-0.1, -0.05) is 0 Å². The van der Waals surface area contributed by atoms with Crippen molar-refractivity contribution in [2.24, 2.45) is 5.73 Å². The summed E-state index contributed by atoms with van der Waals surface area (Å²) < 4.78 is 44.2. The predicted octanol–water partition coefficient (Wildman–Crippen LogP) is 2.41. The van der Waals surface area contributed by atoms with Crippen molar-refractivity contribution in [1.29, 1.82) is 0 Å². The van der Waals surface area contributed by atoms with E-state index in [9.17, 15) is 18.0 Å². The Bertz CT molecular complexity index is 625. The maximum Gasteiger partial charge on any atom is 0.291 e. The van der Waals surface area contributed by atoms with Crippen LogP contribution in [-0.4, -0.2) is 5.91 Å². The topological polar surface area (TPSA) is 68.3 Å². The molecule has 0 aliphatic heterocycles. The third-order valence-electron chi connectivity index (χ3n) is 2.33. The zero-order chi connectivity index (χ0) is 14.0. The van der Waals surface area contributed by atoms with E-state index in [2.05, 4.69) is 0 Å². The number of carbonyl (C=O) groups excluding carboxylic acids is 1. The molecule has 1 aromatic heterocycles. The van der Waals surface area contributed by atoms with E-state index in [0.29, 0.717) is 17.9 Å². The fourth-order valence-corrected chi connectivity index (χ4v) is 1.44. The second kappa shape index (κ2) is 5.15. The SMILES string of the molecule is NCc1ccc(C(=O)Nc2cc(F)cc(F)c2F)o1. The van der Waals surface area contributed by atoms with Crippen LogP contribution in [0, 0.1) is 17.5 Å². The van der Waals surface area contributed by atoms with Crippen LogP contribution in [0.25, 0.3) is 0 Å². The number of anilines is 1. The van der Waals surface area contributed by atoms with Crippen LogP contribution in [0.3, 0.4) is 0 Å². The van der Waals surface area contributed by atoms with E-state index in [-0.39, 0.29) is 12.3 Å². The van der Waals surface area contributed by atoms with Crippen molar-refractivity contribution < 1.29 is 22.4 Å². The van der Waals surface area contributed by atoms with Gasteiger partial charge in [0.25, 0.3) is 5.91 Å². The first-order valence-electron chi connectivity index (χ1n) is 5.26. The zero-order valence-corrected chi connectivity index (χ0v) is 9.54. The van der Waals surface area contributed by atoms with Crippen molar-refractivity contribution >= 4 is 11.6 Å². The highest BCUT2D eigenvalue weighted by atomic mass is 19.2. The van der Waals surface area contributed by atoms with Gasteiger partial charge in [0.2, 0.25) is 0 Å².